The molecule has 0 radical (unpaired) electrons. The predicted molar refractivity (Wildman–Crippen MR) is 126 cm³/mol. The first-order valence-corrected chi connectivity index (χ1v) is 12.4. The van der Waals surface area contributed by atoms with Crippen molar-refractivity contribution < 1.29 is 28.0 Å². The van der Waals surface area contributed by atoms with E-state index >= 15 is 0 Å². The molecular formula is C20H13Cl2N2O8PS. The van der Waals surface area contributed by atoms with E-state index in [2.05, 4.69) is 0 Å². The Kier molecular flexibility index (Phi) is 6.39. The van der Waals surface area contributed by atoms with Gasteiger partial charge in [0.1, 0.15) is 5.75 Å². The molecule has 176 valence electrons. The van der Waals surface area contributed by atoms with E-state index in [-0.39, 0.29) is 25.6 Å². The van der Waals surface area contributed by atoms with Crippen LogP contribution in [-0.4, -0.2) is 9.85 Å². The number of benzene rings is 3. The fourth-order valence-electron chi connectivity index (χ4n) is 3.17. The van der Waals surface area contributed by atoms with E-state index in [4.69, 9.17) is 36.8 Å². The molecule has 34 heavy (non-hydrogen) atoms. The van der Waals surface area contributed by atoms with E-state index in [9.17, 15) is 24.8 Å². The highest BCUT2D eigenvalue weighted by atomic mass is 35.5. The van der Waals surface area contributed by atoms with Crippen LogP contribution in [0.25, 0.3) is 0 Å². The second kappa shape index (κ2) is 8.99. The summed E-state index contributed by atoms with van der Waals surface area (Å²) in [4.78, 5) is 22.0. The highest BCUT2D eigenvalue weighted by Crippen LogP contribution is 2.61. The van der Waals surface area contributed by atoms with Crippen molar-refractivity contribution in [2.45, 2.75) is 23.6 Å². The molecule has 0 saturated carbocycles. The van der Waals surface area contributed by atoms with Gasteiger partial charge in [-0.3, -0.25) is 20.2 Å². The molecule has 3 aromatic carbocycles. The SMILES string of the molecule is Cc1cccc(C)c1OP1(=O)Oc2c(cc(Cl)cc2[N+](=O)[O-])Sc2cc(Cl)cc([N+](=O)[O-])c2O1. The van der Waals surface area contributed by atoms with Crippen molar-refractivity contribution >= 4 is 54.2 Å². The Morgan fingerprint density at radius 3 is 1.74 bits per heavy atom. The maximum Gasteiger partial charge on any atom is 0.647 e. The normalized spacial score (nSPS) is 13.9. The third-order valence-electron chi connectivity index (χ3n) is 4.63. The number of hydrogen-bond acceptors (Lipinski definition) is 9. The van der Waals surface area contributed by atoms with Crippen LogP contribution in [0.2, 0.25) is 10.0 Å². The van der Waals surface area contributed by atoms with Gasteiger partial charge in [-0.2, -0.15) is 4.57 Å². The Morgan fingerprint density at radius 1 is 0.882 bits per heavy atom. The Balaban J connectivity index is 2.00. The maximum absolute atomic E-state index is 13.9. The van der Waals surface area contributed by atoms with Crippen molar-refractivity contribution in [2.24, 2.45) is 0 Å². The Hall–Kier alpha value is -2.98. The van der Waals surface area contributed by atoms with Crippen LogP contribution in [-0.2, 0) is 4.57 Å². The first-order valence-electron chi connectivity index (χ1n) is 9.36. The monoisotopic (exact) mass is 542 g/mol. The molecule has 0 unspecified atom stereocenters. The molecule has 4 rings (SSSR count). The smallest absolute Gasteiger partial charge is 0.385 e. The molecule has 0 amide bonds. The number of nitrogens with zero attached hydrogens (tertiary/aromatic N) is 2. The minimum atomic E-state index is -4.80. The summed E-state index contributed by atoms with van der Waals surface area (Å²) >= 11 is 12.9. The third-order valence-corrected chi connectivity index (χ3v) is 7.33. The van der Waals surface area contributed by atoms with Crippen LogP contribution in [0.3, 0.4) is 0 Å². The number of hydrogen-bond donors (Lipinski definition) is 0. The number of para-hydroxylation sites is 1. The van der Waals surface area contributed by atoms with Crippen LogP contribution in [0.4, 0.5) is 11.4 Å². The third kappa shape index (κ3) is 4.65. The largest absolute Gasteiger partial charge is 0.647 e. The van der Waals surface area contributed by atoms with Crippen LogP contribution < -0.4 is 13.6 Å². The summed E-state index contributed by atoms with van der Waals surface area (Å²) in [5, 5.41) is 23.4. The summed E-state index contributed by atoms with van der Waals surface area (Å²) < 4.78 is 30.7. The van der Waals surface area contributed by atoms with Gasteiger partial charge >= 0.3 is 19.2 Å². The molecule has 1 heterocycles. The van der Waals surface area contributed by atoms with Gasteiger partial charge in [-0.1, -0.05) is 53.2 Å². The summed E-state index contributed by atoms with van der Waals surface area (Å²) in [6, 6.07) is 9.82. The number of rotatable bonds is 4. The molecular weight excluding hydrogens is 530 g/mol. The minimum Gasteiger partial charge on any atom is -0.385 e. The van der Waals surface area contributed by atoms with Crippen molar-refractivity contribution in [1.82, 2.24) is 0 Å². The molecule has 1 aliphatic heterocycles. The number of phosphoric acid groups is 1. The maximum atomic E-state index is 13.9. The van der Waals surface area contributed by atoms with E-state index in [1.807, 2.05) is 0 Å². The summed E-state index contributed by atoms with van der Waals surface area (Å²) in [5.74, 6) is -0.722. The Bertz CT molecular complexity index is 1320. The number of nitro groups is 2. The van der Waals surface area contributed by atoms with Crippen LogP contribution in [0, 0.1) is 34.1 Å². The van der Waals surface area contributed by atoms with E-state index < -0.39 is 40.5 Å². The first kappa shape index (κ1) is 24.2. The lowest BCUT2D eigenvalue weighted by atomic mass is 10.1. The van der Waals surface area contributed by atoms with Gasteiger partial charge in [0.15, 0.2) is 0 Å². The van der Waals surface area contributed by atoms with Gasteiger partial charge in [0.2, 0.25) is 11.5 Å². The number of fused-ring (bicyclic) bond motifs is 2. The first-order chi connectivity index (χ1) is 16.0. The quantitative estimate of drug-likeness (QED) is 0.186. The van der Waals surface area contributed by atoms with E-state index in [1.165, 1.54) is 12.1 Å². The van der Waals surface area contributed by atoms with Crippen molar-refractivity contribution in [3.05, 3.63) is 83.9 Å². The molecule has 0 bridgehead atoms. The molecule has 3 aromatic rings. The van der Waals surface area contributed by atoms with Gasteiger partial charge < -0.3 is 13.6 Å². The van der Waals surface area contributed by atoms with Gasteiger partial charge in [0.05, 0.1) is 19.6 Å². The lowest BCUT2D eigenvalue weighted by Gasteiger charge is -2.25. The highest BCUT2D eigenvalue weighted by molar-refractivity contribution is 7.99. The molecule has 0 spiro atoms. The van der Waals surface area contributed by atoms with Crippen molar-refractivity contribution in [3.63, 3.8) is 0 Å². The summed E-state index contributed by atoms with van der Waals surface area (Å²) in [5.41, 5.74) is -0.0566. The molecule has 0 fully saturated rings. The average molecular weight is 543 g/mol. The van der Waals surface area contributed by atoms with Crippen LogP contribution >= 0.6 is 42.8 Å². The molecule has 0 saturated heterocycles. The fraction of sp³-hybridized carbons (Fsp3) is 0.100. The summed E-state index contributed by atoms with van der Waals surface area (Å²) in [6.45, 7) is 3.36. The van der Waals surface area contributed by atoms with E-state index in [1.54, 1.807) is 32.0 Å². The number of nitro benzene ring substituents is 2. The lowest BCUT2D eigenvalue weighted by Crippen LogP contribution is -2.13. The second-order valence-corrected chi connectivity index (χ2v) is 10.5. The zero-order valence-electron chi connectivity index (χ0n) is 17.3. The number of phosphoric ester groups is 1. The minimum absolute atomic E-state index is 0.00776. The average Bonchev–Trinajstić information content (AvgIpc) is 2.73. The van der Waals surface area contributed by atoms with Crippen molar-refractivity contribution in [1.29, 1.82) is 0 Å². The van der Waals surface area contributed by atoms with Gasteiger partial charge in [-0.25, -0.2) is 0 Å². The molecule has 0 N–H and O–H groups in total. The number of halogens is 2. The molecule has 10 nitrogen and oxygen atoms in total. The fourth-order valence-corrected chi connectivity index (χ4v) is 6.39. The zero-order valence-corrected chi connectivity index (χ0v) is 20.5. The van der Waals surface area contributed by atoms with Crippen molar-refractivity contribution in [3.8, 4) is 17.2 Å². The Morgan fingerprint density at radius 2 is 1.32 bits per heavy atom. The van der Waals surface area contributed by atoms with Gasteiger partial charge in [-0.05, 0) is 37.1 Å². The van der Waals surface area contributed by atoms with Gasteiger partial charge in [0.25, 0.3) is 0 Å². The molecule has 1 aliphatic rings. The lowest BCUT2D eigenvalue weighted by molar-refractivity contribution is -0.386. The summed E-state index contributed by atoms with van der Waals surface area (Å²) in [7, 11) is -4.80. The van der Waals surface area contributed by atoms with E-state index in [0.29, 0.717) is 11.1 Å². The highest BCUT2D eigenvalue weighted by Gasteiger charge is 2.43. The number of aryl methyl sites for hydroxylation is 2. The topological polar surface area (TPSA) is 131 Å². The standard InChI is InChI=1S/C20H13Cl2N2O8PS/c1-10-4-3-5-11(2)18(10)30-33(29)31-19-14(23(25)26)6-12(21)8-16(19)34-17-9-13(22)7-15(24(27)28)20(17)32-33/h3-9H,1-2H3. The second-order valence-electron chi connectivity index (χ2n) is 7.06. The Labute approximate surface area is 206 Å². The molecule has 14 heteroatoms. The molecule has 0 aromatic heterocycles. The predicted octanol–water partition coefficient (Wildman–Crippen LogP) is 7.54. The zero-order chi connectivity index (χ0) is 24.8. The van der Waals surface area contributed by atoms with Gasteiger partial charge in [-0.15, -0.1) is 0 Å². The summed E-state index contributed by atoms with van der Waals surface area (Å²) in [6.07, 6.45) is 0. The van der Waals surface area contributed by atoms with E-state index in [0.717, 1.165) is 23.9 Å². The van der Waals surface area contributed by atoms with Crippen LogP contribution in [0.1, 0.15) is 11.1 Å². The molecule has 0 atom stereocenters. The van der Waals surface area contributed by atoms with Crippen molar-refractivity contribution in [2.75, 3.05) is 0 Å². The molecule has 0 aliphatic carbocycles. The van der Waals surface area contributed by atoms with Crippen LogP contribution in [0.5, 0.6) is 17.2 Å². The van der Waals surface area contributed by atoms with Crippen LogP contribution in [0.15, 0.2) is 52.3 Å². The van der Waals surface area contributed by atoms with Gasteiger partial charge in [0, 0.05) is 22.2 Å².